The highest BCUT2D eigenvalue weighted by atomic mass is 19.1. The van der Waals surface area contributed by atoms with E-state index in [1.165, 1.54) is 6.08 Å². The van der Waals surface area contributed by atoms with Gasteiger partial charge in [0.2, 0.25) is 0 Å². The second-order valence-corrected chi connectivity index (χ2v) is 5.19. The number of ketones is 1. The van der Waals surface area contributed by atoms with E-state index in [1.807, 2.05) is 6.07 Å². The summed E-state index contributed by atoms with van der Waals surface area (Å²) in [6, 6.07) is 8.50. The Bertz CT molecular complexity index is 779. The van der Waals surface area contributed by atoms with Crippen LogP contribution in [0.4, 0.5) is 8.78 Å². The zero-order chi connectivity index (χ0) is 15.7. The van der Waals surface area contributed by atoms with E-state index in [0.717, 1.165) is 23.8 Å². The molecule has 1 aliphatic rings. The first-order chi connectivity index (χ1) is 10.6. The maximum Gasteiger partial charge on any atom is 0.189 e. The number of allylic oxidation sites excluding steroid dienone is 1. The first-order valence-electron chi connectivity index (χ1n) is 6.95. The number of aryl methyl sites for hydroxylation is 1. The molecule has 0 atom stereocenters. The Hall–Kier alpha value is -2.49. The van der Waals surface area contributed by atoms with Crippen molar-refractivity contribution in [1.82, 2.24) is 0 Å². The minimum Gasteiger partial charge on any atom is -0.497 e. The summed E-state index contributed by atoms with van der Waals surface area (Å²) in [5, 5.41) is 0. The fraction of sp³-hybridized carbons (Fsp3) is 0.167. The molecule has 0 fully saturated rings. The van der Waals surface area contributed by atoms with Crippen LogP contribution in [-0.4, -0.2) is 12.9 Å². The maximum atomic E-state index is 13.7. The lowest BCUT2D eigenvalue weighted by molar-refractivity contribution is 0.102. The lowest BCUT2D eigenvalue weighted by Crippen LogP contribution is -2.14. The fourth-order valence-corrected chi connectivity index (χ4v) is 2.63. The van der Waals surface area contributed by atoms with Gasteiger partial charge in [0, 0.05) is 16.7 Å². The largest absolute Gasteiger partial charge is 0.497 e. The number of carbonyl (C=O) groups is 1. The molecule has 0 aliphatic heterocycles. The van der Waals surface area contributed by atoms with Gasteiger partial charge in [0.15, 0.2) is 5.78 Å². The summed E-state index contributed by atoms with van der Waals surface area (Å²) >= 11 is 0. The van der Waals surface area contributed by atoms with Gasteiger partial charge >= 0.3 is 0 Å². The summed E-state index contributed by atoms with van der Waals surface area (Å²) in [5.41, 5.74) is 2.10. The lowest BCUT2D eigenvalue weighted by atomic mass is 9.86. The minimum absolute atomic E-state index is 0.0975. The van der Waals surface area contributed by atoms with Crippen molar-refractivity contribution in [1.29, 1.82) is 0 Å². The molecule has 0 heterocycles. The average Bonchev–Trinajstić information content (AvgIpc) is 2.53. The Labute approximate surface area is 127 Å². The summed E-state index contributed by atoms with van der Waals surface area (Å²) in [4.78, 5) is 12.5. The third-order valence-corrected chi connectivity index (χ3v) is 3.80. The number of halogens is 2. The molecule has 2 aromatic rings. The van der Waals surface area contributed by atoms with Crippen LogP contribution in [0, 0.1) is 11.6 Å². The van der Waals surface area contributed by atoms with Crippen molar-refractivity contribution in [3.05, 3.63) is 70.3 Å². The van der Waals surface area contributed by atoms with Crippen LogP contribution in [0.1, 0.15) is 27.9 Å². The molecule has 3 rings (SSSR count). The summed E-state index contributed by atoms with van der Waals surface area (Å²) < 4.78 is 32.1. The summed E-state index contributed by atoms with van der Waals surface area (Å²) in [6.07, 6.45) is 2.60. The average molecular weight is 300 g/mol. The highest BCUT2D eigenvalue weighted by molar-refractivity contribution is 6.13. The fourth-order valence-electron chi connectivity index (χ4n) is 2.63. The molecule has 0 saturated heterocycles. The van der Waals surface area contributed by atoms with E-state index in [0.29, 0.717) is 29.7 Å². The molecular formula is C18H14F2O2. The number of hydrogen-bond donors (Lipinski definition) is 0. The predicted octanol–water partition coefficient (Wildman–Crippen LogP) is 4.19. The predicted molar refractivity (Wildman–Crippen MR) is 80.0 cm³/mol. The smallest absolute Gasteiger partial charge is 0.189 e. The number of hydrogen-bond acceptors (Lipinski definition) is 2. The van der Waals surface area contributed by atoms with Gasteiger partial charge in [-0.05, 0) is 60.9 Å². The number of ether oxygens (including phenoxy) is 1. The molecule has 2 aromatic carbocycles. The van der Waals surface area contributed by atoms with E-state index >= 15 is 0 Å². The lowest BCUT2D eigenvalue weighted by Gasteiger charge is -2.18. The quantitative estimate of drug-likeness (QED) is 0.778. The zero-order valence-electron chi connectivity index (χ0n) is 12.0. The third kappa shape index (κ3) is 2.64. The van der Waals surface area contributed by atoms with Crippen LogP contribution in [0.2, 0.25) is 0 Å². The number of fused-ring (bicyclic) bond motifs is 1. The van der Waals surface area contributed by atoms with Crippen LogP contribution in [0.25, 0.3) is 6.08 Å². The molecule has 112 valence electrons. The van der Waals surface area contributed by atoms with Gasteiger partial charge in [0.05, 0.1) is 7.11 Å². The van der Waals surface area contributed by atoms with Gasteiger partial charge in [-0.3, -0.25) is 4.79 Å². The van der Waals surface area contributed by atoms with Gasteiger partial charge < -0.3 is 4.74 Å². The van der Waals surface area contributed by atoms with Crippen molar-refractivity contribution in [3.63, 3.8) is 0 Å². The zero-order valence-corrected chi connectivity index (χ0v) is 12.0. The van der Waals surface area contributed by atoms with Gasteiger partial charge in [-0.1, -0.05) is 0 Å². The summed E-state index contributed by atoms with van der Waals surface area (Å²) in [6.45, 7) is 0. The van der Waals surface area contributed by atoms with Crippen molar-refractivity contribution >= 4 is 11.9 Å². The van der Waals surface area contributed by atoms with Crippen LogP contribution >= 0.6 is 0 Å². The Kier molecular flexibility index (Phi) is 3.75. The number of Topliss-reactive ketones (excluding diaryl/α,β-unsaturated/α-hetero) is 1. The molecule has 4 heteroatoms. The standard InChI is InChI=1S/C18H14F2O2/c1-22-15-5-6-16-11(10-15)2-3-12(18(16)21)8-13-9-14(19)4-7-17(13)20/h4-10H,2-3H2,1H3/b12-8-. The molecule has 2 nitrogen and oxygen atoms in total. The first-order valence-corrected chi connectivity index (χ1v) is 6.95. The number of benzene rings is 2. The van der Waals surface area contributed by atoms with Gasteiger partial charge in [0.1, 0.15) is 17.4 Å². The molecule has 0 bridgehead atoms. The normalized spacial score (nSPS) is 15.8. The van der Waals surface area contributed by atoms with E-state index < -0.39 is 11.6 Å². The molecule has 0 amide bonds. The minimum atomic E-state index is -0.540. The molecule has 0 radical (unpaired) electrons. The van der Waals surface area contributed by atoms with Crippen molar-refractivity contribution in [2.24, 2.45) is 0 Å². The highest BCUT2D eigenvalue weighted by Gasteiger charge is 2.22. The Balaban J connectivity index is 1.99. The molecular weight excluding hydrogens is 286 g/mol. The second-order valence-electron chi connectivity index (χ2n) is 5.19. The van der Waals surface area contributed by atoms with Crippen LogP contribution in [0.5, 0.6) is 5.75 Å². The number of methoxy groups -OCH3 is 1. The molecule has 0 N–H and O–H groups in total. The maximum absolute atomic E-state index is 13.7. The summed E-state index contributed by atoms with van der Waals surface area (Å²) in [7, 11) is 1.57. The van der Waals surface area contributed by atoms with Gasteiger partial charge in [-0.2, -0.15) is 0 Å². The number of rotatable bonds is 2. The van der Waals surface area contributed by atoms with E-state index in [9.17, 15) is 13.6 Å². The second kappa shape index (κ2) is 5.72. The van der Waals surface area contributed by atoms with E-state index in [4.69, 9.17) is 4.74 Å². The topological polar surface area (TPSA) is 26.3 Å². The van der Waals surface area contributed by atoms with Crippen LogP contribution in [0.15, 0.2) is 42.0 Å². The number of carbonyl (C=O) groups excluding carboxylic acids is 1. The van der Waals surface area contributed by atoms with Crippen LogP contribution in [-0.2, 0) is 6.42 Å². The monoisotopic (exact) mass is 300 g/mol. The van der Waals surface area contributed by atoms with Crippen LogP contribution < -0.4 is 4.74 Å². The Morgan fingerprint density at radius 2 is 1.91 bits per heavy atom. The molecule has 0 unspecified atom stereocenters. The van der Waals surface area contributed by atoms with Crippen molar-refractivity contribution in [2.45, 2.75) is 12.8 Å². The summed E-state index contributed by atoms with van der Waals surface area (Å²) in [5.74, 6) is -0.508. The highest BCUT2D eigenvalue weighted by Crippen LogP contribution is 2.29. The van der Waals surface area contributed by atoms with Gasteiger partial charge in [0.25, 0.3) is 0 Å². The van der Waals surface area contributed by atoms with Crippen molar-refractivity contribution in [2.75, 3.05) is 7.11 Å². The van der Waals surface area contributed by atoms with Crippen LogP contribution in [0.3, 0.4) is 0 Å². The van der Waals surface area contributed by atoms with Gasteiger partial charge in [-0.15, -0.1) is 0 Å². The molecule has 0 saturated carbocycles. The Morgan fingerprint density at radius 1 is 1.09 bits per heavy atom. The van der Waals surface area contributed by atoms with Crippen molar-refractivity contribution < 1.29 is 18.3 Å². The molecule has 1 aliphatic carbocycles. The first kappa shape index (κ1) is 14.4. The van der Waals surface area contributed by atoms with Crippen molar-refractivity contribution in [3.8, 4) is 5.75 Å². The SMILES string of the molecule is COc1ccc2c(c1)CC/C(=C/c1cc(F)ccc1F)C2=O. The van der Waals surface area contributed by atoms with E-state index in [1.54, 1.807) is 19.2 Å². The van der Waals surface area contributed by atoms with Gasteiger partial charge in [-0.25, -0.2) is 8.78 Å². The molecule has 0 aromatic heterocycles. The Morgan fingerprint density at radius 3 is 2.68 bits per heavy atom. The van der Waals surface area contributed by atoms with E-state index in [-0.39, 0.29) is 11.3 Å². The van der Waals surface area contributed by atoms with E-state index in [2.05, 4.69) is 0 Å². The molecule has 22 heavy (non-hydrogen) atoms. The third-order valence-electron chi connectivity index (χ3n) is 3.80. The molecule has 0 spiro atoms.